The Morgan fingerprint density at radius 1 is 1.32 bits per heavy atom. The van der Waals surface area contributed by atoms with Gasteiger partial charge in [0.1, 0.15) is 5.76 Å². The summed E-state index contributed by atoms with van der Waals surface area (Å²) in [7, 11) is 0. The van der Waals surface area contributed by atoms with Gasteiger partial charge in [0.2, 0.25) is 11.8 Å². The number of hydrogen-bond donors (Lipinski definition) is 3. The van der Waals surface area contributed by atoms with E-state index in [9.17, 15) is 14.4 Å². The van der Waals surface area contributed by atoms with Gasteiger partial charge in [0, 0.05) is 6.04 Å². The van der Waals surface area contributed by atoms with E-state index in [0.717, 1.165) is 19.3 Å². The molecule has 1 heterocycles. The molecule has 2 rings (SSSR count). The lowest BCUT2D eigenvalue weighted by molar-refractivity contribution is -0.125. The maximum absolute atomic E-state index is 11.9. The number of primary amides is 1. The van der Waals surface area contributed by atoms with Crippen LogP contribution in [0.2, 0.25) is 0 Å². The molecular weight excluding hydrogens is 286 g/mol. The van der Waals surface area contributed by atoms with Crippen LogP contribution in [-0.2, 0) is 9.59 Å². The largest absolute Gasteiger partial charge is 0.469 e. The molecule has 4 N–H and O–H groups in total. The highest BCUT2D eigenvalue weighted by atomic mass is 16.3. The van der Waals surface area contributed by atoms with Gasteiger partial charge in [-0.3, -0.25) is 14.4 Å². The van der Waals surface area contributed by atoms with E-state index in [1.807, 2.05) is 0 Å². The minimum absolute atomic E-state index is 0.147. The van der Waals surface area contributed by atoms with Crippen molar-refractivity contribution in [1.29, 1.82) is 0 Å². The third-order valence-corrected chi connectivity index (χ3v) is 3.99. The molecule has 7 heteroatoms. The van der Waals surface area contributed by atoms with Crippen molar-refractivity contribution in [2.45, 2.75) is 38.6 Å². The molecular formula is C15H21N3O4. The summed E-state index contributed by atoms with van der Waals surface area (Å²) in [6.45, 7) is 1.53. The van der Waals surface area contributed by atoms with E-state index >= 15 is 0 Å². The van der Waals surface area contributed by atoms with Crippen molar-refractivity contribution in [2.24, 2.45) is 11.7 Å². The van der Waals surface area contributed by atoms with Crippen LogP contribution in [-0.4, -0.2) is 30.3 Å². The fraction of sp³-hybridized carbons (Fsp3) is 0.533. The van der Waals surface area contributed by atoms with E-state index < -0.39 is 0 Å². The first-order valence-corrected chi connectivity index (χ1v) is 7.40. The number of carbonyl (C=O) groups excluding carboxylic acids is 3. The van der Waals surface area contributed by atoms with Crippen LogP contribution >= 0.6 is 0 Å². The topological polar surface area (TPSA) is 114 Å². The molecule has 120 valence electrons. The van der Waals surface area contributed by atoms with E-state index in [1.54, 1.807) is 13.0 Å². The predicted octanol–water partition coefficient (Wildman–Crippen LogP) is 0.478. The Hall–Kier alpha value is -2.31. The SMILES string of the molecule is Cc1occc1C(=O)NCC(=O)N[C@@H]1CCCC[C@H]1C(N)=O. The number of amides is 3. The molecule has 7 nitrogen and oxygen atoms in total. The highest BCUT2D eigenvalue weighted by Crippen LogP contribution is 2.24. The number of aryl methyl sites for hydroxylation is 1. The van der Waals surface area contributed by atoms with Gasteiger partial charge < -0.3 is 20.8 Å². The summed E-state index contributed by atoms with van der Waals surface area (Å²) in [5.74, 6) is -0.907. The van der Waals surface area contributed by atoms with Gasteiger partial charge in [-0.15, -0.1) is 0 Å². The first kappa shape index (κ1) is 16.1. The van der Waals surface area contributed by atoms with Crippen molar-refractivity contribution >= 4 is 17.7 Å². The zero-order valence-corrected chi connectivity index (χ0v) is 12.6. The van der Waals surface area contributed by atoms with Gasteiger partial charge in [0.05, 0.1) is 24.3 Å². The maximum atomic E-state index is 11.9. The Balaban J connectivity index is 1.83. The van der Waals surface area contributed by atoms with Crippen LogP contribution in [0.1, 0.15) is 41.8 Å². The van der Waals surface area contributed by atoms with Gasteiger partial charge in [-0.05, 0) is 25.8 Å². The second-order valence-corrected chi connectivity index (χ2v) is 5.54. The third kappa shape index (κ3) is 3.87. The van der Waals surface area contributed by atoms with Gasteiger partial charge in [0.25, 0.3) is 5.91 Å². The van der Waals surface area contributed by atoms with Gasteiger partial charge in [-0.2, -0.15) is 0 Å². The highest BCUT2D eigenvalue weighted by Gasteiger charge is 2.30. The minimum atomic E-state index is -0.386. The van der Waals surface area contributed by atoms with Crippen molar-refractivity contribution in [3.63, 3.8) is 0 Å². The number of rotatable bonds is 5. The first-order valence-electron chi connectivity index (χ1n) is 7.40. The van der Waals surface area contributed by atoms with Crippen molar-refractivity contribution in [2.75, 3.05) is 6.54 Å². The molecule has 22 heavy (non-hydrogen) atoms. The van der Waals surface area contributed by atoms with Crippen LogP contribution < -0.4 is 16.4 Å². The zero-order chi connectivity index (χ0) is 16.1. The van der Waals surface area contributed by atoms with Crippen LogP contribution in [0.3, 0.4) is 0 Å². The van der Waals surface area contributed by atoms with Crippen LogP contribution in [0.15, 0.2) is 16.7 Å². The average molecular weight is 307 g/mol. The Kier molecular flexibility index (Phi) is 5.19. The number of carbonyl (C=O) groups is 3. The number of nitrogens with one attached hydrogen (secondary N) is 2. The van der Waals surface area contributed by atoms with Gasteiger partial charge in [-0.1, -0.05) is 12.8 Å². The van der Waals surface area contributed by atoms with Gasteiger partial charge in [0.15, 0.2) is 0 Å². The summed E-state index contributed by atoms with van der Waals surface area (Å²) in [6.07, 6.45) is 4.74. The maximum Gasteiger partial charge on any atom is 0.255 e. The smallest absolute Gasteiger partial charge is 0.255 e. The molecule has 1 saturated carbocycles. The van der Waals surface area contributed by atoms with E-state index in [0.29, 0.717) is 17.7 Å². The van der Waals surface area contributed by atoms with Gasteiger partial charge in [-0.25, -0.2) is 0 Å². The molecule has 0 radical (unpaired) electrons. The molecule has 1 fully saturated rings. The summed E-state index contributed by atoms with van der Waals surface area (Å²) < 4.78 is 5.04. The second-order valence-electron chi connectivity index (χ2n) is 5.54. The van der Waals surface area contributed by atoms with Crippen molar-refractivity contribution in [3.05, 3.63) is 23.7 Å². The lowest BCUT2D eigenvalue weighted by atomic mass is 9.84. The first-order chi connectivity index (χ1) is 10.5. The Morgan fingerprint density at radius 2 is 2.05 bits per heavy atom. The quantitative estimate of drug-likeness (QED) is 0.734. The van der Waals surface area contributed by atoms with Gasteiger partial charge >= 0.3 is 0 Å². The molecule has 0 aromatic carbocycles. The summed E-state index contributed by atoms with van der Waals surface area (Å²) in [6, 6.07) is 1.30. The number of nitrogens with two attached hydrogens (primary N) is 1. The summed E-state index contributed by atoms with van der Waals surface area (Å²) in [5.41, 5.74) is 5.77. The van der Waals surface area contributed by atoms with E-state index in [2.05, 4.69) is 10.6 Å². The summed E-state index contributed by atoms with van der Waals surface area (Å²) in [5, 5.41) is 5.32. The highest BCUT2D eigenvalue weighted by molar-refractivity contribution is 5.97. The second kappa shape index (κ2) is 7.11. The van der Waals surface area contributed by atoms with E-state index in [-0.39, 0.29) is 36.2 Å². The Morgan fingerprint density at radius 3 is 2.68 bits per heavy atom. The molecule has 0 saturated heterocycles. The summed E-state index contributed by atoms with van der Waals surface area (Å²) in [4.78, 5) is 35.2. The molecule has 1 aliphatic carbocycles. The van der Waals surface area contributed by atoms with Crippen molar-refractivity contribution in [3.8, 4) is 0 Å². The molecule has 0 spiro atoms. The fourth-order valence-electron chi connectivity index (χ4n) is 2.78. The van der Waals surface area contributed by atoms with E-state index in [1.165, 1.54) is 6.26 Å². The van der Waals surface area contributed by atoms with Crippen molar-refractivity contribution in [1.82, 2.24) is 10.6 Å². The Bertz CT molecular complexity index is 567. The van der Waals surface area contributed by atoms with Crippen LogP contribution in [0.5, 0.6) is 0 Å². The van der Waals surface area contributed by atoms with Crippen molar-refractivity contribution < 1.29 is 18.8 Å². The predicted molar refractivity (Wildman–Crippen MR) is 78.9 cm³/mol. The third-order valence-electron chi connectivity index (χ3n) is 3.99. The number of furan rings is 1. The normalized spacial score (nSPS) is 21.1. The van der Waals surface area contributed by atoms with Crippen LogP contribution in [0.4, 0.5) is 0 Å². The number of hydrogen-bond acceptors (Lipinski definition) is 4. The molecule has 1 aromatic rings. The van der Waals surface area contributed by atoms with Crippen LogP contribution in [0, 0.1) is 12.8 Å². The molecule has 0 aliphatic heterocycles. The zero-order valence-electron chi connectivity index (χ0n) is 12.6. The average Bonchev–Trinajstić information content (AvgIpc) is 2.91. The fourth-order valence-corrected chi connectivity index (χ4v) is 2.78. The molecule has 2 atom stereocenters. The van der Waals surface area contributed by atoms with E-state index in [4.69, 9.17) is 10.2 Å². The lowest BCUT2D eigenvalue weighted by Gasteiger charge is -2.29. The molecule has 3 amide bonds. The standard InChI is InChI=1S/C15H21N3O4/c1-9-10(6-7-22-9)15(21)17-8-13(19)18-12-5-3-2-4-11(12)14(16)20/h6-7,11-12H,2-5,8H2,1H3,(H2,16,20)(H,17,21)(H,18,19)/t11-,12-/m1/s1. The molecule has 0 bridgehead atoms. The minimum Gasteiger partial charge on any atom is -0.469 e. The monoisotopic (exact) mass is 307 g/mol. The lowest BCUT2D eigenvalue weighted by Crippen LogP contribution is -2.49. The summed E-state index contributed by atoms with van der Waals surface area (Å²) >= 11 is 0. The Labute approximate surface area is 128 Å². The molecule has 0 unspecified atom stereocenters. The molecule has 1 aliphatic rings. The molecule has 1 aromatic heterocycles. The van der Waals surface area contributed by atoms with Crippen LogP contribution in [0.25, 0.3) is 0 Å².